The molecule has 0 amide bonds. The molecule has 0 bridgehead atoms. The van der Waals surface area contributed by atoms with Crippen LogP contribution in [0.1, 0.15) is 139 Å². The maximum atomic E-state index is 2.72. The standard InChI is InChI=1S/C76H80B2N4/c1-45-25-19-21-31-59(45)79-63-44-64-58(43-57(63)77-55-37-51(73(7,8)9)33-35-61(55)81(71-47(3)27-23-28-48(71)4)67-41-53(75(13,14)15)39-65(79)69(67)77)78-56-38-52(74(10,11)12)34-36-62(56)82(72-49(5)29-24-30-50(72)6)68-42-54(76(16,17)18)40-66(70(68)78)80(64)60-32-22-20-26-46(60)2/h19-44H,1-18H3. The summed E-state index contributed by atoms with van der Waals surface area (Å²) in [5, 5.41) is 0. The lowest BCUT2D eigenvalue weighted by Gasteiger charge is -2.48. The molecule has 13 rings (SSSR count). The Balaban J connectivity index is 1.23. The first-order chi connectivity index (χ1) is 38.7. The van der Waals surface area contributed by atoms with Crippen LogP contribution in [0.2, 0.25) is 0 Å². The average Bonchev–Trinajstić information content (AvgIpc) is 0.783. The topological polar surface area (TPSA) is 13.0 Å². The van der Waals surface area contributed by atoms with E-state index in [0.29, 0.717) is 0 Å². The maximum Gasteiger partial charge on any atom is 0.252 e. The number of benzene rings is 9. The summed E-state index contributed by atoms with van der Waals surface area (Å²) >= 11 is 0. The third-order valence-electron chi connectivity index (χ3n) is 18.8. The number of fused-ring (bicyclic) bond motifs is 8. The fourth-order valence-corrected chi connectivity index (χ4v) is 14.2. The van der Waals surface area contributed by atoms with Gasteiger partial charge in [-0.05, 0) is 206 Å². The van der Waals surface area contributed by atoms with E-state index in [9.17, 15) is 0 Å². The van der Waals surface area contributed by atoms with Crippen molar-refractivity contribution in [2.24, 2.45) is 0 Å². The van der Waals surface area contributed by atoms with E-state index in [2.05, 4.69) is 302 Å². The number of para-hydroxylation sites is 4. The van der Waals surface area contributed by atoms with E-state index in [1.165, 1.54) is 157 Å². The third-order valence-corrected chi connectivity index (χ3v) is 18.8. The highest BCUT2D eigenvalue weighted by atomic mass is 15.2. The molecule has 0 unspecified atom stereocenters. The Morgan fingerprint density at radius 2 is 0.549 bits per heavy atom. The highest BCUT2D eigenvalue weighted by Gasteiger charge is 2.50. The molecule has 0 N–H and O–H groups in total. The number of aryl methyl sites for hydroxylation is 6. The van der Waals surface area contributed by atoms with E-state index in [1.807, 2.05) is 0 Å². The Bertz CT molecular complexity index is 3850. The Hall–Kier alpha value is -7.69. The first kappa shape index (κ1) is 53.6. The molecule has 4 aliphatic rings. The fraction of sp³-hybridized carbons (Fsp3) is 0.289. The number of nitrogens with zero attached hydrogens (tertiary/aromatic N) is 4. The van der Waals surface area contributed by atoms with Crippen LogP contribution in [0.5, 0.6) is 0 Å². The molecular weight excluding hydrogens is 990 g/mol. The Kier molecular flexibility index (Phi) is 12.0. The van der Waals surface area contributed by atoms with Gasteiger partial charge in [-0.3, -0.25) is 0 Å². The summed E-state index contributed by atoms with van der Waals surface area (Å²) in [7, 11) is 0. The molecule has 4 heterocycles. The fourth-order valence-electron chi connectivity index (χ4n) is 14.2. The van der Waals surface area contributed by atoms with Gasteiger partial charge in [0.25, 0.3) is 13.4 Å². The van der Waals surface area contributed by atoms with Crippen LogP contribution in [-0.4, -0.2) is 13.4 Å². The molecule has 0 saturated heterocycles. The van der Waals surface area contributed by atoms with Crippen molar-refractivity contribution in [3.8, 4) is 0 Å². The molecule has 0 aliphatic carbocycles. The van der Waals surface area contributed by atoms with Gasteiger partial charge in [-0.1, -0.05) is 186 Å². The highest BCUT2D eigenvalue weighted by Crippen LogP contribution is 2.52. The van der Waals surface area contributed by atoms with Gasteiger partial charge in [0.05, 0.1) is 11.4 Å². The second-order valence-electron chi connectivity index (χ2n) is 28.6. The van der Waals surface area contributed by atoms with Crippen molar-refractivity contribution in [1.29, 1.82) is 0 Å². The molecule has 0 fully saturated rings. The van der Waals surface area contributed by atoms with E-state index in [4.69, 9.17) is 0 Å². The van der Waals surface area contributed by atoms with Crippen molar-refractivity contribution in [2.75, 3.05) is 19.6 Å². The molecule has 410 valence electrons. The molecular formula is C76H80B2N4. The van der Waals surface area contributed by atoms with Crippen LogP contribution in [-0.2, 0) is 21.7 Å². The van der Waals surface area contributed by atoms with Gasteiger partial charge in [0.15, 0.2) is 0 Å². The quantitative estimate of drug-likeness (QED) is 0.163. The molecule has 4 nitrogen and oxygen atoms in total. The minimum Gasteiger partial charge on any atom is -0.311 e. The third kappa shape index (κ3) is 8.16. The van der Waals surface area contributed by atoms with Crippen molar-refractivity contribution >= 4 is 114 Å². The van der Waals surface area contributed by atoms with Gasteiger partial charge in [-0.15, -0.1) is 0 Å². The van der Waals surface area contributed by atoms with E-state index >= 15 is 0 Å². The van der Waals surface area contributed by atoms with Crippen molar-refractivity contribution in [3.63, 3.8) is 0 Å². The molecule has 0 saturated carbocycles. The van der Waals surface area contributed by atoms with E-state index in [-0.39, 0.29) is 35.1 Å². The summed E-state index contributed by atoms with van der Waals surface area (Å²) in [6.07, 6.45) is 0. The lowest BCUT2D eigenvalue weighted by Crippen LogP contribution is -2.65. The van der Waals surface area contributed by atoms with Crippen LogP contribution >= 0.6 is 0 Å². The smallest absolute Gasteiger partial charge is 0.252 e. The second kappa shape index (κ2) is 18.4. The first-order valence-corrected chi connectivity index (χ1v) is 30.0. The SMILES string of the molecule is Cc1ccccc1N1c2cc3c(cc2B2c4cc(C(C)(C)C)ccc4N(c4c(C)cccc4C)c4cc(C(C)(C)C)cc1c42)B1c2cc(C(C)(C)C)ccc2N(c2c(C)cccc2C)c2cc(C(C)(C)C)cc(c21)N3c1ccccc1C. The van der Waals surface area contributed by atoms with Gasteiger partial charge in [0.1, 0.15) is 0 Å². The average molecular weight is 1070 g/mol. The van der Waals surface area contributed by atoms with Crippen molar-refractivity contribution in [1.82, 2.24) is 0 Å². The normalized spacial score (nSPS) is 14.3. The Labute approximate surface area is 491 Å². The number of hydrogen-bond donors (Lipinski definition) is 0. The van der Waals surface area contributed by atoms with Gasteiger partial charge in [0.2, 0.25) is 0 Å². The Morgan fingerprint density at radius 3 is 0.878 bits per heavy atom. The predicted octanol–water partition coefficient (Wildman–Crippen LogP) is 16.9. The van der Waals surface area contributed by atoms with Gasteiger partial charge >= 0.3 is 0 Å². The summed E-state index contributed by atoms with van der Waals surface area (Å²) in [6.45, 7) is 42.1. The number of anilines is 12. The summed E-state index contributed by atoms with van der Waals surface area (Å²) in [4.78, 5) is 10.7. The molecule has 0 aromatic heterocycles. The Morgan fingerprint density at radius 1 is 0.244 bits per heavy atom. The number of rotatable bonds is 4. The van der Waals surface area contributed by atoms with Gasteiger partial charge in [-0.2, -0.15) is 0 Å². The van der Waals surface area contributed by atoms with E-state index in [0.717, 1.165) is 0 Å². The molecule has 9 aromatic rings. The van der Waals surface area contributed by atoms with Crippen LogP contribution in [0.4, 0.5) is 68.2 Å². The molecule has 0 atom stereocenters. The zero-order valence-electron chi connectivity index (χ0n) is 52.0. The van der Waals surface area contributed by atoms with E-state index in [1.54, 1.807) is 0 Å². The van der Waals surface area contributed by atoms with Crippen molar-refractivity contribution < 1.29 is 0 Å². The number of hydrogen-bond acceptors (Lipinski definition) is 4. The summed E-state index contributed by atoms with van der Waals surface area (Å²) in [5.41, 5.74) is 35.3. The van der Waals surface area contributed by atoms with Gasteiger partial charge in [-0.25, -0.2) is 0 Å². The monoisotopic (exact) mass is 1070 g/mol. The lowest BCUT2D eigenvalue weighted by atomic mass is 9.30. The van der Waals surface area contributed by atoms with Crippen LogP contribution < -0.4 is 52.4 Å². The van der Waals surface area contributed by atoms with Gasteiger partial charge in [0, 0.05) is 56.9 Å². The minimum atomic E-state index is -0.157. The molecule has 4 aliphatic heterocycles. The van der Waals surface area contributed by atoms with Crippen LogP contribution in [0.3, 0.4) is 0 Å². The first-order valence-electron chi connectivity index (χ1n) is 30.0. The minimum absolute atomic E-state index is 0.0872. The summed E-state index contributed by atoms with van der Waals surface area (Å²) < 4.78 is 0. The van der Waals surface area contributed by atoms with Crippen LogP contribution in [0.25, 0.3) is 0 Å². The van der Waals surface area contributed by atoms with Gasteiger partial charge < -0.3 is 19.6 Å². The van der Waals surface area contributed by atoms with Crippen LogP contribution in [0.15, 0.2) is 158 Å². The van der Waals surface area contributed by atoms with Crippen molar-refractivity contribution in [3.05, 3.63) is 213 Å². The lowest BCUT2D eigenvalue weighted by molar-refractivity contribution is 0.590. The summed E-state index contributed by atoms with van der Waals surface area (Å²) in [5.74, 6) is 0. The molecule has 82 heavy (non-hydrogen) atoms. The maximum absolute atomic E-state index is 2.72. The molecule has 6 heteroatoms. The zero-order valence-corrected chi connectivity index (χ0v) is 52.0. The van der Waals surface area contributed by atoms with E-state index < -0.39 is 0 Å². The second-order valence-corrected chi connectivity index (χ2v) is 28.6. The largest absolute Gasteiger partial charge is 0.311 e. The molecule has 9 aromatic carbocycles. The predicted molar refractivity (Wildman–Crippen MR) is 358 cm³/mol. The zero-order chi connectivity index (χ0) is 58.0. The highest BCUT2D eigenvalue weighted by molar-refractivity contribution is 7.03. The molecule has 0 radical (unpaired) electrons. The van der Waals surface area contributed by atoms with Crippen LogP contribution in [0, 0.1) is 41.5 Å². The summed E-state index contributed by atoms with van der Waals surface area (Å²) in [6, 6.07) is 62.3. The van der Waals surface area contributed by atoms with Crippen molar-refractivity contribution in [2.45, 2.75) is 146 Å². The molecule has 0 spiro atoms.